The zero-order chi connectivity index (χ0) is 11.0. The van der Waals surface area contributed by atoms with Crippen molar-refractivity contribution in [1.29, 1.82) is 0 Å². The molecule has 0 N–H and O–H groups in total. The quantitative estimate of drug-likeness (QED) is 0.690. The van der Waals surface area contributed by atoms with Crippen molar-refractivity contribution in [2.24, 2.45) is 0 Å². The van der Waals surface area contributed by atoms with E-state index in [1.807, 2.05) is 13.0 Å². The van der Waals surface area contributed by atoms with Crippen molar-refractivity contribution in [2.45, 2.75) is 26.9 Å². The fourth-order valence-corrected chi connectivity index (χ4v) is 1.87. The van der Waals surface area contributed by atoms with E-state index in [1.165, 1.54) is 0 Å². The summed E-state index contributed by atoms with van der Waals surface area (Å²) in [5.74, 6) is -0.181. The number of cyclic esters (lactones) is 1. The molecule has 0 bridgehead atoms. The fourth-order valence-electron chi connectivity index (χ4n) is 1.87. The summed E-state index contributed by atoms with van der Waals surface area (Å²) in [4.78, 5) is 22.3. The minimum absolute atomic E-state index is 0.0979. The SMILES string of the molecule is CC(=O)Cc1cc(C)c2c(c1)C(=O)OC2. The van der Waals surface area contributed by atoms with Gasteiger partial charge in [-0.05, 0) is 31.0 Å². The zero-order valence-electron chi connectivity index (χ0n) is 8.79. The fraction of sp³-hybridized carbons (Fsp3) is 0.333. The normalized spacial score (nSPS) is 13.6. The molecule has 0 saturated carbocycles. The maximum atomic E-state index is 11.3. The average molecular weight is 204 g/mol. The molecule has 78 valence electrons. The molecule has 1 aromatic rings. The van der Waals surface area contributed by atoms with E-state index in [9.17, 15) is 9.59 Å². The Kier molecular flexibility index (Phi) is 2.31. The van der Waals surface area contributed by atoms with Gasteiger partial charge in [0, 0.05) is 12.0 Å². The molecule has 0 radical (unpaired) electrons. The van der Waals surface area contributed by atoms with Gasteiger partial charge in [0.15, 0.2) is 0 Å². The van der Waals surface area contributed by atoms with Crippen molar-refractivity contribution in [2.75, 3.05) is 0 Å². The molecule has 0 aromatic heterocycles. The first-order valence-corrected chi connectivity index (χ1v) is 4.87. The molecule has 0 spiro atoms. The molecule has 3 nitrogen and oxygen atoms in total. The van der Waals surface area contributed by atoms with Gasteiger partial charge in [-0.15, -0.1) is 0 Å². The van der Waals surface area contributed by atoms with Crippen molar-refractivity contribution >= 4 is 11.8 Å². The van der Waals surface area contributed by atoms with Gasteiger partial charge < -0.3 is 4.74 Å². The molecule has 3 heteroatoms. The Morgan fingerprint density at radius 1 is 1.47 bits per heavy atom. The highest BCUT2D eigenvalue weighted by molar-refractivity contribution is 5.94. The molecule has 1 aliphatic rings. The van der Waals surface area contributed by atoms with Gasteiger partial charge in [-0.25, -0.2) is 4.79 Å². The summed E-state index contributed by atoms with van der Waals surface area (Å²) in [5, 5.41) is 0. The summed E-state index contributed by atoms with van der Waals surface area (Å²) in [6, 6.07) is 3.71. The molecule has 1 aromatic carbocycles. The van der Waals surface area contributed by atoms with Gasteiger partial charge in [0.2, 0.25) is 0 Å². The number of aryl methyl sites for hydroxylation is 1. The minimum atomic E-state index is -0.279. The van der Waals surface area contributed by atoms with E-state index in [4.69, 9.17) is 4.74 Å². The highest BCUT2D eigenvalue weighted by Gasteiger charge is 2.23. The molecular weight excluding hydrogens is 192 g/mol. The number of benzene rings is 1. The van der Waals surface area contributed by atoms with Gasteiger partial charge >= 0.3 is 5.97 Å². The molecule has 0 fully saturated rings. The highest BCUT2D eigenvalue weighted by atomic mass is 16.5. The van der Waals surface area contributed by atoms with Gasteiger partial charge in [-0.3, -0.25) is 4.79 Å². The third kappa shape index (κ3) is 1.77. The van der Waals surface area contributed by atoms with Crippen molar-refractivity contribution in [3.8, 4) is 0 Å². The maximum absolute atomic E-state index is 11.3. The number of carbonyl (C=O) groups is 2. The van der Waals surface area contributed by atoms with Gasteiger partial charge in [-0.1, -0.05) is 6.07 Å². The second kappa shape index (κ2) is 3.50. The Labute approximate surface area is 88.1 Å². The summed E-state index contributed by atoms with van der Waals surface area (Å²) >= 11 is 0. The molecule has 0 saturated heterocycles. The molecule has 1 heterocycles. The van der Waals surface area contributed by atoms with E-state index in [0.717, 1.165) is 16.7 Å². The van der Waals surface area contributed by atoms with Crippen LogP contribution in [0.2, 0.25) is 0 Å². The van der Waals surface area contributed by atoms with Crippen LogP contribution in [-0.4, -0.2) is 11.8 Å². The van der Waals surface area contributed by atoms with Crippen molar-refractivity contribution in [3.05, 3.63) is 34.4 Å². The predicted octanol–water partition coefficient (Wildman–Crippen LogP) is 1.80. The van der Waals surface area contributed by atoms with Crippen LogP contribution in [0.1, 0.15) is 34.0 Å². The summed E-state index contributed by atoms with van der Waals surface area (Å²) in [6.45, 7) is 3.84. The van der Waals surface area contributed by atoms with Crippen molar-refractivity contribution in [1.82, 2.24) is 0 Å². The van der Waals surface area contributed by atoms with E-state index >= 15 is 0 Å². The standard InChI is InChI=1S/C12H12O3/c1-7-3-9(4-8(2)13)5-10-11(7)6-15-12(10)14/h3,5H,4,6H2,1-2H3. The van der Waals surface area contributed by atoms with Crippen LogP contribution in [-0.2, 0) is 22.6 Å². The highest BCUT2D eigenvalue weighted by Crippen LogP contribution is 2.25. The van der Waals surface area contributed by atoms with Gasteiger partial charge in [0.1, 0.15) is 12.4 Å². The number of fused-ring (bicyclic) bond motifs is 1. The minimum Gasteiger partial charge on any atom is -0.457 e. The van der Waals surface area contributed by atoms with Crippen LogP contribution in [0.3, 0.4) is 0 Å². The lowest BCUT2D eigenvalue weighted by Crippen LogP contribution is -2.01. The average Bonchev–Trinajstić information content (AvgIpc) is 2.47. The van der Waals surface area contributed by atoms with Gasteiger partial charge in [-0.2, -0.15) is 0 Å². The monoisotopic (exact) mass is 204 g/mol. The summed E-state index contributed by atoms with van der Waals surface area (Å²) in [6.07, 6.45) is 0.376. The molecule has 1 aliphatic heterocycles. The number of ketones is 1. The molecule has 15 heavy (non-hydrogen) atoms. The predicted molar refractivity (Wildman–Crippen MR) is 54.7 cm³/mol. The number of ether oxygens (including phenoxy) is 1. The third-order valence-corrected chi connectivity index (χ3v) is 2.55. The van der Waals surface area contributed by atoms with Crippen LogP contribution in [0.5, 0.6) is 0 Å². The van der Waals surface area contributed by atoms with Crippen LogP contribution >= 0.6 is 0 Å². The second-order valence-electron chi connectivity index (χ2n) is 3.89. The second-order valence-corrected chi connectivity index (χ2v) is 3.89. The van der Waals surface area contributed by atoms with Crippen molar-refractivity contribution < 1.29 is 14.3 Å². The summed E-state index contributed by atoms with van der Waals surface area (Å²) in [7, 11) is 0. The number of rotatable bonds is 2. The molecule has 0 atom stereocenters. The van der Waals surface area contributed by atoms with Crippen LogP contribution < -0.4 is 0 Å². The van der Waals surface area contributed by atoms with E-state index < -0.39 is 0 Å². The zero-order valence-corrected chi connectivity index (χ0v) is 8.79. The van der Waals surface area contributed by atoms with Gasteiger partial charge in [0.25, 0.3) is 0 Å². The molecule has 0 amide bonds. The largest absolute Gasteiger partial charge is 0.457 e. The topological polar surface area (TPSA) is 43.4 Å². The summed E-state index contributed by atoms with van der Waals surface area (Å²) < 4.78 is 4.94. The van der Waals surface area contributed by atoms with E-state index in [-0.39, 0.29) is 11.8 Å². The first kappa shape index (κ1) is 9.90. The van der Waals surface area contributed by atoms with E-state index in [1.54, 1.807) is 13.0 Å². The Bertz CT molecular complexity index is 446. The van der Waals surface area contributed by atoms with Crippen LogP contribution in [0.25, 0.3) is 0 Å². The number of Topliss-reactive ketones (excluding diaryl/α,β-unsaturated/α-hetero) is 1. The van der Waals surface area contributed by atoms with Crippen LogP contribution in [0.4, 0.5) is 0 Å². The number of hydrogen-bond acceptors (Lipinski definition) is 3. The Balaban J connectivity index is 2.45. The van der Waals surface area contributed by atoms with Crippen LogP contribution in [0, 0.1) is 6.92 Å². The number of hydrogen-bond donors (Lipinski definition) is 0. The molecule has 2 rings (SSSR count). The Morgan fingerprint density at radius 2 is 2.20 bits per heavy atom. The summed E-state index contributed by atoms with van der Waals surface area (Å²) in [5.41, 5.74) is 3.48. The first-order chi connectivity index (χ1) is 7.08. The molecule has 0 aliphatic carbocycles. The lowest BCUT2D eigenvalue weighted by molar-refractivity contribution is -0.116. The number of esters is 1. The van der Waals surface area contributed by atoms with Crippen LogP contribution in [0.15, 0.2) is 12.1 Å². The maximum Gasteiger partial charge on any atom is 0.338 e. The van der Waals surface area contributed by atoms with Crippen molar-refractivity contribution in [3.63, 3.8) is 0 Å². The Hall–Kier alpha value is -1.64. The number of carbonyl (C=O) groups excluding carboxylic acids is 2. The lowest BCUT2D eigenvalue weighted by atomic mass is 9.98. The van der Waals surface area contributed by atoms with E-state index in [2.05, 4.69) is 0 Å². The van der Waals surface area contributed by atoms with E-state index in [0.29, 0.717) is 18.6 Å². The smallest absolute Gasteiger partial charge is 0.338 e. The molecular formula is C12H12O3. The van der Waals surface area contributed by atoms with Gasteiger partial charge in [0.05, 0.1) is 5.56 Å². The molecule has 0 unspecified atom stereocenters. The lowest BCUT2D eigenvalue weighted by Gasteiger charge is -2.04. The Morgan fingerprint density at radius 3 is 2.87 bits per heavy atom. The first-order valence-electron chi connectivity index (χ1n) is 4.87. The third-order valence-electron chi connectivity index (χ3n) is 2.55.